The molecule has 0 aliphatic heterocycles. The first-order valence-electron chi connectivity index (χ1n) is 5.59. The Morgan fingerprint density at radius 2 is 1.94 bits per heavy atom. The van der Waals surface area contributed by atoms with Gasteiger partial charge >= 0.3 is 0 Å². The lowest BCUT2D eigenvalue weighted by molar-refractivity contribution is 0.698. The molecule has 0 radical (unpaired) electrons. The summed E-state index contributed by atoms with van der Waals surface area (Å²) >= 11 is 0. The molecule has 3 nitrogen and oxygen atoms in total. The van der Waals surface area contributed by atoms with E-state index in [-0.39, 0.29) is 6.04 Å². The van der Waals surface area contributed by atoms with E-state index in [2.05, 4.69) is 36.3 Å². The number of hydrogen-bond donors (Lipinski definition) is 1. The van der Waals surface area contributed by atoms with Gasteiger partial charge in [-0.1, -0.05) is 19.1 Å². The van der Waals surface area contributed by atoms with E-state index in [1.165, 1.54) is 5.56 Å². The number of aryl methyl sites for hydroxylation is 1. The summed E-state index contributed by atoms with van der Waals surface area (Å²) in [7, 11) is 0. The molecule has 2 rings (SSSR count). The van der Waals surface area contributed by atoms with Gasteiger partial charge in [-0.2, -0.15) is 5.10 Å². The van der Waals surface area contributed by atoms with Crippen molar-refractivity contribution in [1.29, 1.82) is 0 Å². The van der Waals surface area contributed by atoms with Crippen LogP contribution in [-0.2, 0) is 0 Å². The fraction of sp³-hybridized carbons (Fsp3) is 0.308. The molecule has 1 heterocycles. The van der Waals surface area contributed by atoms with E-state index in [1.54, 1.807) is 0 Å². The minimum Gasteiger partial charge on any atom is -0.324 e. The molecule has 0 aliphatic rings. The Balaban J connectivity index is 2.25. The molecular weight excluding hydrogens is 198 g/mol. The maximum atomic E-state index is 5.96. The molecule has 0 amide bonds. The lowest BCUT2D eigenvalue weighted by Gasteiger charge is -2.09. The Kier molecular flexibility index (Phi) is 3.06. The normalized spacial score (nSPS) is 12.7. The average Bonchev–Trinajstić information content (AvgIpc) is 2.75. The van der Waals surface area contributed by atoms with Crippen LogP contribution in [0.15, 0.2) is 36.5 Å². The molecule has 0 saturated carbocycles. The van der Waals surface area contributed by atoms with Crippen molar-refractivity contribution in [3.63, 3.8) is 0 Å². The number of nitrogens with two attached hydrogens (primary N) is 1. The smallest absolute Gasteiger partial charge is 0.0645 e. The average molecular weight is 215 g/mol. The summed E-state index contributed by atoms with van der Waals surface area (Å²) in [5.74, 6) is 0. The molecule has 1 atom stereocenters. The third kappa shape index (κ3) is 2.14. The quantitative estimate of drug-likeness (QED) is 0.855. The Bertz CT molecular complexity index is 456. The van der Waals surface area contributed by atoms with Crippen molar-refractivity contribution < 1.29 is 0 Å². The summed E-state index contributed by atoms with van der Waals surface area (Å²) in [4.78, 5) is 0. The Labute approximate surface area is 95.9 Å². The van der Waals surface area contributed by atoms with Gasteiger partial charge in [-0.3, -0.25) is 0 Å². The van der Waals surface area contributed by atoms with E-state index in [4.69, 9.17) is 5.73 Å². The molecule has 0 spiro atoms. The van der Waals surface area contributed by atoms with Gasteiger partial charge in [0.25, 0.3) is 0 Å². The van der Waals surface area contributed by atoms with Crippen molar-refractivity contribution in [3.8, 4) is 5.69 Å². The molecule has 0 fully saturated rings. The van der Waals surface area contributed by atoms with E-state index < -0.39 is 0 Å². The first-order valence-corrected chi connectivity index (χ1v) is 5.59. The summed E-state index contributed by atoms with van der Waals surface area (Å²) in [5, 5.41) is 4.36. The lowest BCUT2D eigenvalue weighted by atomic mass is 10.1. The van der Waals surface area contributed by atoms with Crippen molar-refractivity contribution in [1.82, 2.24) is 9.78 Å². The molecule has 1 aromatic heterocycles. The maximum Gasteiger partial charge on any atom is 0.0645 e. The molecule has 16 heavy (non-hydrogen) atoms. The van der Waals surface area contributed by atoms with Crippen LogP contribution in [0.1, 0.15) is 30.6 Å². The number of nitrogens with zero attached hydrogens (tertiary/aromatic N) is 2. The molecule has 2 aromatic rings. The van der Waals surface area contributed by atoms with Crippen LogP contribution >= 0.6 is 0 Å². The van der Waals surface area contributed by atoms with E-state index in [0.717, 1.165) is 17.8 Å². The second kappa shape index (κ2) is 4.49. The molecule has 0 aliphatic carbocycles. The highest BCUT2D eigenvalue weighted by molar-refractivity contribution is 5.35. The summed E-state index contributed by atoms with van der Waals surface area (Å²) in [6.07, 6.45) is 2.92. The molecule has 1 aromatic carbocycles. The number of benzene rings is 1. The number of aromatic nitrogens is 2. The van der Waals surface area contributed by atoms with Crippen LogP contribution in [0, 0.1) is 6.92 Å². The summed E-state index contributed by atoms with van der Waals surface area (Å²) in [5.41, 5.74) is 9.23. The van der Waals surface area contributed by atoms with Crippen molar-refractivity contribution >= 4 is 0 Å². The minimum atomic E-state index is 0.133. The molecule has 0 bridgehead atoms. The van der Waals surface area contributed by atoms with Crippen LogP contribution in [0.5, 0.6) is 0 Å². The van der Waals surface area contributed by atoms with Crippen molar-refractivity contribution in [2.24, 2.45) is 5.73 Å². The van der Waals surface area contributed by atoms with Gasteiger partial charge in [0.2, 0.25) is 0 Å². The van der Waals surface area contributed by atoms with Crippen LogP contribution < -0.4 is 5.73 Å². The predicted octanol–water partition coefficient (Wildman–Crippen LogP) is 2.59. The van der Waals surface area contributed by atoms with Crippen LogP contribution in [0.25, 0.3) is 5.69 Å². The van der Waals surface area contributed by atoms with Crippen LogP contribution in [-0.4, -0.2) is 9.78 Å². The second-order valence-electron chi connectivity index (χ2n) is 4.01. The Morgan fingerprint density at radius 3 is 2.44 bits per heavy atom. The van der Waals surface area contributed by atoms with E-state index in [0.29, 0.717) is 0 Å². The SMILES string of the molecule is CC[C@H](N)c1ccc(-n2ccc(C)n2)cc1. The van der Waals surface area contributed by atoms with Crippen LogP contribution in [0.4, 0.5) is 0 Å². The van der Waals surface area contributed by atoms with Gasteiger partial charge in [0.05, 0.1) is 11.4 Å². The number of hydrogen-bond acceptors (Lipinski definition) is 2. The van der Waals surface area contributed by atoms with Crippen molar-refractivity contribution in [2.45, 2.75) is 26.3 Å². The summed E-state index contributed by atoms with van der Waals surface area (Å²) in [6.45, 7) is 4.08. The lowest BCUT2D eigenvalue weighted by Crippen LogP contribution is -2.08. The zero-order valence-electron chi connectivity index (χ0n) is 9.72. The monoisotopic (exact) mass is 215 g/mol. The first-order chi connectivity index (χ1) is 7.70. The fourth-order valence-electron chi connectivity index (χ4n) is 1.67. The highest BCUT2D eigenvalue weighted by Gasteiger charge is 2.03. The maximum absolute atomic E-state index is 5.96. The standard InChI is InChI=1S/C13H17N3/c1-3-13(14)11-4-6-12(7-5-11)16-9-8-10(2)15-16/h4-9,13H,3,14H2,1-2H3/t13-/m0/s1. The molecule has 0 saturated heterocycles. The molecule has 3 heteroatoms. The summed E-state index contributed by atoms with van der Waals surface area (Å²) in [6, 6.07) is 10.4. The fourth-order valence-corrected chi connectivity index (χ4v) is 1.67. The minimum absolute atomic E-state index is 0.133. The first kappa shape index (κ1) is 10.9. The Hall–Kier alpha value is -1.61. The molecule has 0 unspecified atom stereocenters. The predicted molar refractivity (Wildman–Crippen MR) is 65.5 cm³/mol. The molecule has 84 valence electrons. The third-order valence-electron chi connectivity index (χ3n) is 2.75. The van der Waals surface area contributed by atoms with Gasteiger partial charge < -0.3 is 5.73 Å². The van der Waals surface area contributed by atoms with E-state index in [1.807, 2.05) is 23.9 Å². The van der Waals surface area contributed by atoms with Gasteiger partial charge in [0.1, 0.15) is 0 Å². The highest BCUT2D eigenvalue weighted by atomic mass is 15.3. The van der Waals surface area contributed by atoms with Crippen molar-refractivity contribution in [3.05, 3.63) is 47.8 Å². The number of rotatable bonds is 3. The van der Waals surface area contributed by atoms with Gasteiger partial charge in [0, 0.05) is 12.2 Å². The van der Waals surface area contributed by atoms with E-state index in [9.17, 15) is 0 Å². The van der Waals surface area contributed by atoms with E-state index >= 15 is 0 Å². The zero-order chi connectivity index (χ0) is 11.5. The largest absolute Gasteiger partial charge is 0.324 e. The van der Waals surface area contributed by atoms with Gasteiger partial charge in [0.15, 0.2) is 0 Å². The van der Waals surface area contributed by atoms with Crippen molar-refractivity contribution in [2.75, 3.05) is 0 Å². The van der Waals surface area contributed by atoms with Crippen LogP contribution in [0.2, 0.25) is 0 Å². The zero-order valence-corrected chi connectivity index (χ0v) is 9.72. The highest BCUT2D eigenvalue weighted by Crippen LogP contribution is 2.16. The topological polar surface area (TPSA) is 43.8 Å². The summed E-state index contributed by atoms with van der Waals surface area (Å²) < 4.78 is 1.87. The second-order valence-corrected chi connectivity index (χ2v) is 4.01. The van der Waals surface area contributed by atoms with Crippen LogP contribution in [0.3, 0.4) is 0 Å². The molecule has 2 N–H and O–H groups in total. The Morgan fingerprint density at radius 1 is 1.25 bits per heavy atom. The third-order valence-corrected chi connectivity index (χ3v) is 2.75. The van der Waals surface area contributed by atoms with Gasteiger partial charge in [-0.25, -0.2) is 4.68 Å². The van der Waals surface area contributed by atoms with Gasteiger partial charge in [-0.15, -0.1) is 0 Å². The van der Waals surface area contributed by atoms with Gasteiger partial charge in [-0.05, 0) is 37.1 Å². The molecular formula is C13H17N3.